The van der Waals surface area contributed by atoms with Gasteiger partial charge in [-0.15, -0.1) is 12.4 Å². The van der Waals surface area contributed by atoms with Crippen molar-refractivity contribution in [2.75, 3.05) is 19.7 Å². The molecule has 1 aliphatic heterocycles. The van der Waals surface area contributed by atoms with E-state index < -0.39 is 6.04 Å². The third kappa shape index (κ3) is 3.71. The number of ether oxygens (including phenoxy) is 1. The van der Waals surface area contributed by atoms with Crippen LogP contribution in [-0.4, -0.2) is 46.3 Å². The fraction of sp³-hybridized carbons (Fsp3) is 0.692. The maximum atomic E-state index is 12.2. The minimum Gasteiger partial charge on any atom is -0.370 e. The summed E-state index contributed by atoms with van der Waals surface area (Å²) in [6.07, 6.45) is 3.59. The Labute approximate surface area is 125 Å². The summed E-state index contributed by atoms with van der Waals surface area (Å²) in [5.74, 6) is 0.152. The molecule has 1 aromatic heterocycles. The van der Waals surface area contributed by atoms with E-state index in [0.717, 1.165) is 5.56 Å². The number of morpholine rings is 1. The van der Waals surface area contributed by atoms with Crippen LogP contribution in [0.15, 0.2) is 12.4 Å². The molecule has 6 nitrogen and oxygen atoms in total. The highest BCUT2D eigenvalue weighted by Gasteiger charge is 2.30. The van der Waals surface area contributed by atoms with Gasteiger partial charge in [-0.25, -0.2) is 0 Å². The van der Waals surface area contributed by atoms with Crippen molar-refractivity contribution >= 4 is 18.3 Å². The summed E-state index contributed by atoms with van der Waals surface area (Å²) in [5, 5.41) is 4.13. The molecule has 0 spiro atoms. The normalized spacial score (nSPS) is 20.6. The van der Waals surface area contributed by atoms with E-state index in [1.54, 1.807) is 15.8 Å². The van der Waals surface area contributed by atoms with Crippen molar-refractivity contribution in [2.45, 2.75) is 26.0 Å². The number of hydrogen-bond acceptors (Lipinski definition) is 4. The molecule has 1 aromatic rings. The SMILES string of the molecule is CC(C)[C@H](N)C(=O)N1CCOC(c2cnn(C)c2)C1.Cl. The number of carbonyl (C=O) groups is 1. The largest absolute Gasteiger partial charge is 0.370 e. The molecule has 1 fully saturated rings. The number of hydrogen-bond donors (Lipinski definition) is 1. The van der Waals surface area contributed by atoms with Crippen LogP contribution in [-0.2, 0) is 16.6 Å². The Morgan fingerprint density at radius 1 is 1.55 bits per heavy atom. The molecule has 1 saturated heterocycles. The Morgan fingerprint density at radius 2 is 2.25 bits per heavy atom. The van der Waals surface area contributed by atoms with Crippen molar-refractivity contribution in [1.82, 2.24) is 14.7 Å². The first-order chi connectivity index (χ1) is 8.99. The molecule has 0 saturated carbocycles. The molecule has 7 heteroatoms. The molecule has 2 atom stereocenters. The lowest BCUT2D eigenvalue weighted by Crippen LogP contribution is -2.51. The summed E-state index contributed by atoms with van der Waals surface area (Å²) in [4.78, 5) is 14.0. The number of nitrogens with two attached hydrogens (primary N) is 1. The van der Waals surface area contributed by atoms with Crippen LogP contribution in [0.2, 0.25) is 0 Å². The maximum absolute atomic E-state index is 12.2. The fourth-order valence-corrected chi connectivity index (χ4v) is 2.15. The molecule has 0 aromatic carbocycles. The van der Waals surface area contributed by atoms with Gasteiger partial charge in [0.05, 0.1) is 25.4 Å². The molecule has 0 radical (unpaired) electrons. The van der Waals surface area contributed by atoms with Gasteiger partial charge in [0, 0.05) is 25.4 Å². The summed E-state index contributed by atoms with van der Waals surface area (Å²) < 4.78 is 7.45. The molecule has 0 aliphatic carbocycles. The quantitative estimate of drug-likeness (QED) is 0.893. The Balaban J connectivity index is 0.00000200. The molecular weight excluding hydrogens is 280 g/mol. The predicted molar refractivity (Wildman–Crippen MR) is 78.5 cm³/mol. The zero-order valence-corrected chi connectivity index (χ0v) is 13.0. The van der Waals surface area contributed by atoms with Gasteiger partial charge in [-0.3, -0.25) is 9.48 Å². The smallest absolute Gasteiger partial charge is 0.239 e. The highest BCUT2D eigenvalue weighted by Crippen LogP contribution is 2.22. The number of aryl methyl sites for hydroxylation is 1. The van der Waals surface area contributed by atoms with E-state index in [2.05, 4.69) is 5.10 Å². The summed E-state index contributed by atoms with van der Waals surface area (Å²) in [6.45, 7) is 5.61. The van der Waals surface area contributed by atoms with Crippen molar-refractivity contribution in [3.8, 4) is 0 Å². The van der Waals surface area contributed by atoms with Gasteiger partial charge in [0.2, 0.25) is 5.91 Å². The third-order valence-electron chi connectivity index (χ3n) is 3.48. The van der Waals surface area contributed by atoms with Crippen LogP contribution in [0.4, 0.5) is 0 Å². The molecule has 0 bridgehead atoms. The van der Waals surface area contributed by atoms with E-state index >= 15 is 0 Å². The number of aromatic nitrogens is 2. The number of nitrogens with zero attached hydrogens (tertiary/aromatic N) is 3. The second kappa shape index (κ2) is 7.06. The van der Waals surface area contributed by atoms with Crippen LogP contribution in [0.3, 0.4) is 0 Å². The molecule has 2 rings (SSSR count). The molecule has 114 valence electrons. The Kier molecular flexibility index (Phi) is 5.98. The summed E-state index contributed by atoms with van der Waals surface area (Å²) in [6, 6.07) is -0.437. The predicted octanol–water partition coefficient (Wildman–Crippen LogP) is 0.725. The molecule has 2 heterocycles. The maximum Gasteiger partial charge on any atom is 0.239 e. The van der Waals surface area contributed by atoms with Crippen LogP contribution >= 0.6 is 12.4 Å². The zero-order chi connectivity index (χ0) is 14.0. The van der Waals surface area contributed by atoms with Crippen LogP contribution in [0.1, 0.15) is 25.5 Å². The standard InChI is InChI=1S/C13H22N4O2.ClH/c1-9(2)12(14)13(18)17-4-5-19-11(8-17)10-6-15-16(3)7-10;/h6-7,9,11-12H,4-5,8,14H2,1-3H3;1H/t11?,12-;/m0./s1. The van der Waals surface area contributed by atoms with Crippen molar-refractivity contribution in [2.24, 2.45) is 18.7 Å². The first-order valence-electron chi connectivity index (χ1n) is 6.63. The Bertz CT molecular complexity index is 449. The topological polar surface area (TPSA) is 73.4 Å². The molecule has 1 aliphatic rings. The Morgan fingerprint density at radius 3 is 2.80 bits per heavy atom. The zero-order valence-electron chi connectivity index (χ0n) is 12.2. The average molecular weight is 303 g/mol. The average Bonchev–Trinajstić information content (AvgIpc) is 2.84. The van der Waals surface area contributed by atoms with E-state index in [4.69, 9.17) is 10.5 Å². The molecule has 1 amide bonds. The number of rotatable bonds is 3. The van der Waals surface area contributed by atoms with Gasteiger partial charge in [-0.1, -0.05) is 13.8 Å². The lowest BCUT2D eigenvalue weighted by molar-refractivity contribution is -0.141. The second-order valence-electron chi connectivity index (χ2n) is 5.36. The summed E-state index contributed by atoms with van der Waals surface area (Å²) in [5.41, 5.74) is 6.93. The minimum absolute atomic E-state index is 0. The van der Waals surface area contributed by atoms with E-state index in [-0.39, 0.29) is 30.3 Å². The summed E-state index contributed by atoms with van der Waals surface area (Å²) >= 11 is 0. The van der Waals surface area contributed by atoms with Crippen LogP contribution in [0, 0.1) is 5.92 Å². The van der Waals surface area contributed by atoms with Gasteiger partial charge in [0.1, 0.15) is 6.10 Å². The minimum atomic E-state index is -0.437. The van der Waals surface area contributed by atoms with Gasteiger partial charge in [-0.05, 0) is 5.92 Å². The molecule has 2 N–H and O–H groups in total. The van der Waals surface area contributed by atoms with E-state index in [1.165, 1.54) is 0 Å². The number of carbonyl (C=O) groups excluding carboxylic acids is 1. The van der Waals surface area contributed by atoms with Crippen molar-refractivity contribution in [3.05, 3.63) is 18.0 Å². The lowest BCUT2D eigenvalue weighted by atomic mass is 10.0. The van der Waals surface area contributed by atoms with E-state index in [9.17, 15) is 4.79 Å². The summed E-state index contributed by atoms with van der Waals surface area (Å²) in [7, 11) is 1.87. The first kappa shape index (κ1) is 16.9. The molecule has 1 unspecified atom stereocenters. The van der Waals surface area contributed by atoms with Crippen molar-refractivity contribution in [1.29, 1.82) is 0 Å². The van der Waals surface area contributed by atoms with Gasteiger partial charge < -0.3 is 15.4 Å². The van der Waals surface area contributed by atoms with Crippen LogP contribution < -0.4 is 5.73 Å². The number of amides is 1. The monoisotopic (exact) mass is 302 g/mol. The van der Waals surface area contributed by atoms with Gasteiger partial charge in [0.15, 0.2) is 0 Å². The van der Waals surface area contributed by atoms with Gasteiger partial charge in [0.25, 0.3) is 0 Å². The molecule has 20 heavy (non-hydrogen) atoms. The first-order valence-corrected chi connectivity index (χ1v) is 6.63. The van der Waals surface area contributed by atoms with Crippen molar-refractivity contribution < 1.29 is 9.53 Å². The highest BCUT2D eigenvalue weighted by molar-refractivity contribution is 5.85. The number of halogens is 1. The highest BCUT2D eigenvalue weighted by atomic mass is 35.5. The van der Waals surface area contributed by atoms with Crippen LogP contribution in [0.5, 0.6) is 0 Å². The third-order valence-corrected chi connectivity index (χ3v) is 3.48. The van der Waals surface area contributed by atoms with Gasteiger partial charge in [-0.2, -0.15) is 5.10 Å². The van der Waals surface area contributed by atoms with E-state index in [1.807, 2.05) is 27.1 Å². The lowest BCUT2D eigenvalue weighted by Gasteiger charge is -2.34. The van der Waals surface area contributed by atoms with Crippen LogP contribution in [0.25, 0.3) is 0 Å². The Hall–Kier alpha value is -1.11. The second-order valence-corrected chi connectivity index (χ2v) is 5.36. The fourth-order valence-electron chi connectivity index (χ4n) is 2.15. The van der Waals surface area contributed by atoms with Gasteiger partial charge >= 0.3 is 0 Å². The molecular formula is C13H23ClN4O2. The van der Waals surface area contributed by atoms with E-state index in [0.29, 0.717) is 19.7 Å². The van der Waals surface area contributed by atoms with Crippen molar-refractivity contribution in [3.63, 3.8) is 0 Å².